The molecule has 0 heterocycles. The number of allylic oxidation sites excluding steroid dienone is 4. The van der Waals surface area contributed by atoms with Crippen molar-refractivity contribution in [1.29, 1.82) is 0 Å². The molecule has 0 saturated carbocycles. The molecule has 1 aromatic carbocycles. The van der Waals surface area contributed by atoms with Crippen LogP contribution in [0.15, 0.2) is 20.7 Å². The average Bonchev–Trinajstić information content (AvgIpc) is 2.80. The fraction of sp³-hybridized carbons (Fsp3) is 0.500. The molecule has 0 unspecified atom stereocenters. The van der Waals surface area contributed by atoms with Crippen molar-refractivity contribution in [2.75, 3.05) is 0 Å². The first-order valence-electron chi connectivity index (χ1n) is 8.26. The SMILES string of the molecule is Cc1c(C)c(C)c(CC2=[C]([Ti+3])C([Si](C)(C)C)=CC2)c(C)c1C.[Cl-].[Cl-].[Cl-]. The number of benzene rings is 1. The van der Waals surface area contributed by atoms with E-state index in [1.54, 1.807) is 20.2 Å². The number of hydrogen-bond donors (Lipinski definition) is 0. The molecular weight excluding hydrogens is 423 g/mol. The van der Waals surface area contributed by atoms with Crippen LogP contribution in [0.1, 0.15) is 39.8 Å². The zero-order valence-electron chi connectivity index (χ0n) is 16.6. The van der Waals surface area contributed by atoms with Crippen molar-refractivity contribution in [3.63, 3.8) is 0 Å². The molecule has 0 aliphatic heterocycles. The van der Waals surface area contributed by atoms with Crippen LogP contribution in [0.2, 0.25) is 19.6 Å². The van der Waals surface area contributed by atoms with E-state index in [0.29, 0.717) is 0 Å². The third kappa shape index (κ3) is 5.50. The monoisotopic (exact) mass is 450 g/mol. The van der Waals surface area contributed by atoms with Gasteiger partial charge in [-0.2, -0.15) is 0 Å². The zero-order chi connectivity index (χ0) is 16.8. The van der Waals surface area contributed by atoms with Crippen molar-refractivity contribution in [1.82, 2.24) is 0 Å². The summed E-state index contributed by atoms with van der Waals surface area (Å²) in [7, 11) is -1.20. The van der Waals surface area contributed by atoms with Gasteiger partial charge in [-0.3, -0.25) is 0 Å². The Morgan fingerprint density at radius 2 is 1.20 bits per heavy atom. The quantitative estimate of drug-likeness (QED) is 0.425. The van der Waals surface area contributed by atoms with Crippen molar-refractivity contribution in [3.8, 4) is 0 Å². The summed E-state index contributed by atoms with van der Waals surface area (Å²) in [6.07, 6.45) is 4.81. The summed E-state index contributed by atoms with van der Waals surface area (Å²) < 4.78 is 1.59. The Balaban J connectivity index is 0. The van der Waals surface area contributed by atoms with Crippen LogP contribution in [0.4, 0.5) is 0 Å². The summed E-state index contributed by atoms with van der Waals surface area (Å²) in [4.78, 5) is 0. The Morgan fingerprint density at radius 1 is 0.800 bits per heavy atom. The minimum absolute atomic E-state index is 0. The number of halogens is 3. The van der Waals surface area contributed by atoms with Crippen molar-refractivity contribution >= 4 is 8.07 Å². The predicted octanol–water partition coefficient (Wildman–Crippen LogP) is -3.21. The molecule has 0 bridgehead atoms. The van der Waals surface area contributed by atoms with E-state index in [-0.39, 0.29) is 37.2 Å². The predicted molar refractivity (Wildman–Crippen MR) is 96.9 cm³/mol. The van der Waals surface area contributed by atoms with Gasteiger partial charge in [0.1, 0.15) is 0 Å². The summed E-state index contributed by atoms with van der Waals surface area (Å²) in [5.41, 5.74) is 10.6. The first-order valence-corrected chi connectivity index (χ1v) is 12.5. The van der Waals surface area contributed by atoms with E-state index in [4.69, 9.17) is 0 Å². The second kappa shape index (κ2) is 10.2. The Kier molecular flexibility index (Phi) is 11.3. The van der Waals surface area contributed by atoms with E-state index in [1.807, 2.05) is 0 Å². The van der Waals surface area contributed by atoms with Crippen LogP contribution < -0.4 is 37.2 Å². The van der Waals surface area contributed by atoms with Crippen molar-refractivity contribution < 1.29 is 57.7 Å². The van der Waals surface area contributed by atoms with E-state index in [1.165, 1.54) is 27.8 Å². The van der Waals surface area contributed by atoms with Gasteiger partial charge in [0.25, 0.3) is 0 Å². The molecule has 1 aromatic rings. The molecule has 138 valence electrons. The molecule has 0 saturated heterocycles. The molecule has 2 rings (SSSR count). The molecule has 25 heavy (non-hydrogen) atoms. The third-order valence-electron chi connectivity index (χ3n) is 5.53. The molecule has 0 fully saturated rings. The Labute approximate surface area is 186 Å². The molecule has 0 aromatic heterocycles. The van der Waals surface area contributed by atoms with Gasteiger partial charge in [-0.05, 0) is 0 Å². The van der Waals surface area contributed by atoms with Crippen LogP contribution >= 0.6 is 0 Å². The van der Waals surface area contributed by atoms with Crippen LogP contribution in [0.3, 0.4) is 0 Å². The van der Waals surface area contributed by atoms with Gasteiger partial charge in [0.2, 0.25) is 0 Å². The van der Waals surface area contributed by atoms with Gasteiger partial charge < -0.3 is 37.2 Å². The topological polar surface area (TPSA) is 0 Å². The van der Waals surface area contributed by atoms with E-state index >= 15 is 0 Å². The average molecular weight is 452 g/mol. The Morgan fingerprint density at radius 3 is 1.56 bits per heavy atom. The Hall–Kier alpha value is 0.501. The van der Waals surface area contributed by atoms with Gasteiger partial charge in [-0.25, -0.2) is 0 Å². The van der Waals surface area contributed by atoms with Gasteiger partial charge in [-0.15, -0.1) is 0 Å². The molecule has 0 N–H and O–H groups in total. The summed E-state index contributed by atoms with van der Waals surface area (Å²) in [6, 6.07) is 0. The fourth-order valence-corrected chi connectivity index (χ4v) is 7.37. The summed E-state index contributed by atoms with van der Waals surface area (Å²) in [6.45, 7) is 18.8. The van der Waals surface area contributed by atoms with Gasteiger partial charge in [0.15, 0.2) is 0 Å². The summed E-state index contributed by atoms with van der Waals surface area (Å²) in [5, 5.41) is 1.68. The first-order chi connectivity index (χ1) is 10.1. The Bertz CT molecular complexity index is 669. The van der Waals surface area contributed by atoms with E-state index in [2.05, 4.69) is 80.8 Å². The molecular formula is C20H29Cl3SiTi. The minimum atomic E-state index is -1.20. The van der Waals surface area contributed by atoms with E-state index < -0.39 is 8.07 Å². The first kappa shape index (κ1) is 27.7. The summed E-state index contributed by atoms with van der Waals surface area (Å²) >= 11 is 2.35. The molecule has 0 radical (unpaired) electrons. The van der Waals surface area contributed by atoms with Gasteiger partial charge in [0.05, 0.1) is 0 Å². The summed E-state index contributed by atoms with van der Waals surface area (Å²) in [5.74, 6) is 0. The van der Waals surface area contributed by atoms with Crippen LogP contribution in [0.25, 0.3) is 0 Å². The molecule has 1 aliphatic carbocycles. The second-order valence-corrected chi connectivity index (χ2v) is 13.7. The molecule has 0 spiro atoms. The number of hydrogen-bond acceptors (Lipinski definition) is 0. The van der Waals surface area contributed by atoms with Gasteiger partial charge >= 0.3 is 150 Å². The van der Waals surface area contributed by atoms with Crippen molar-refractivity contribution in [2.45, 2.75) is 67.1 Å². The third-order valence-corrected chi connectivity index (χ3v) is 8.96. The van der Waals surface area contributed by atoms with Crippen LogP contribution in [0, 0.1) is 34.6 Å². The molecule has 1 aliphatic rings. The zero-order valence-corrected chi connectivity index (χ0v) is 21.5. The van der Waals surface area contributed by atoms with Crippen LogP contribution in [0.5, 0.6) is 0 Å². The normalized spacial score (nSPS) is 13.8. The maximum Gasteiger partial charge on any atom is -1.00 e. The number of rotatable bonds is 3. The van der Waals surface area contributed by atoms with Crippen LogP contribution in [-0.4, -0.2) is 8.07 Å². The second-order valence-electron chi connectivity index (χ2n) is 7.83. The van der Waals surface area contributed by atoms with E-state index in [9.17, 15) is 0 Å². The maximum absolute atomic E-state index is 2.51. The smallest absolute Gasteiger partial charge is 1.00 e. The minimum Gasteiger partial charge on any atom is -1.00 e. The van der Waals surface area contributed by atoms with Crippen molar-refractivity contribution in [2.24, 2.45) is 0 Å². The largest absolute Gasteiger partial charge is 1.00 e. The molecule has 5 heteroatoms. The standard InChI is InChI=1S/C20H29Si.3ClH.Ti/c1-13-14(2)16(4)20(17(5)15(13)3)12-18-9-10-19(11-18)21(6,7)8;;;;/h10H,9,12H2,1-8H3;3*1H;/q;;;;+3/p-3. The molecule has 0 atom stereocenters. The van der Waals surface area contributed by atoms with Gasteiger partial charge in [-0.1, -0.05) is 0 Å². The van der Waals surface area contributed by atoms with E-state index in [0.717, 1.165) is 12.8 Å². The fourth-order valence-electron chi connectivity index (χ4n) is 3.52. The molecule has 0 nitrogen and oxygen atoms in total. The van der Waals surface area contributed by atoms with Gasteiger partial charge in [0, 0.05) is 0 Å². The maximum atomic E-state index is 2.51. The van der Waals surface area contributed by atoms with Crippen LogP contribution in [-0.2, 0) is 26.9 Å². The molecule has 0 amide bonds. The van der Waals surface area contributed by atoms with Crippen molar-refractivity contribution in [3.05, 3.63) is 54.1 Å².